The van der Waals surface area contributed by atoms with Crippen LogP contribution in [-0.4, -0.2) is 19.5 Å². The Hall–Kier alpha value is -4.02. The molecule has 0 saturated carbocycles. The zero-order chi connectivity index (χ0) is 24.9. The molecule has 0 amide bonds. The van der Waals surface area contributed by atoms with Gasteiger partial charge in [0.25, 0.3) is 0 Å². The lowest BCUT2D eigenvalue weighted by Gasteiger charge is -2.46. The van der Waals surface area contributed by atoms with Crippen LogP contribution in [0.4, 0.5) is 11.4 Å². The van der Waals surface area contributed by atoms with Gasteiger partial charge in [-0.1, -0.05) is 104 Å². The maximum Gasteiger partial charge on any atom is 0.332 e. The number of para-hydroxylation sites is 5. The molecule has 37 heavy (non-hydrogen) atoms. The smallest absolute Gasteiger partial charge is 0.332 e. The predicted molar refractivity (Wildman–Crippen MR) is 162 cm³/mol. The number of benzene rings is 5. The maximum atomic E-state index is 2.67. The van der Waals surface area contributed by atoms with E-state index < -0.39 is 8.07 Å². The second-order valence-corrected chi connectivity index (χ2v) is 15.4. The molecule has 0 radical (unpaired) electrons. The summed E-state index contributed by atoms with van der Waals surface area (Å²) in [7, 11) is -1.87. The van der Waals surface area contributed by atoms with Crippen molar-refractivity contribution in [2.75, 3.05) is 4.81 Å². The first kappa shape index (κ1) is 21.1. The Morgan fingerprint density at radius 3 is 2.14 bits per heavy atom. The lowest BCUT2D eigenvalue weighted by atomic mass is 9.46. The van der Waals surface area contributed by atoms with Crippen molar-refractivity contribution < 1.29 is 0 Å². The van der Waals surface area contributed by atoms with E-state index in [0.717, 1.165) is 0 Å². The van der Waals surface area contributed by atoms with Crippen LogP contribution in [-0.2, 0) is 0 Å². The molecule has 0 bridgehead atoms. The fourth-order valence-electron chi connectivity index (χ4n) is 7.11. The van der Waals surface area contributed by atoms with Crippen LogP contribution in [0.1, 0.15) is 5.56 Å². The van der Waals surface area contributed by atoms with E-state index in [9.17, 15) is 0 Å². The van der Waals surface area contributed by atoms with Crippen molar-refractivity contribution in [3.05, 3.63) is 115 Å². The third-order valence-corrected chi connectivity index (χ3v) is 12.3. The molecule has 5 aromatic carbocycles. The van der Waals surface area contributed by atoms with Gasteiger partial charge in [-0.05, 0) is 52.0 Å². The van der Waals surface area contributed by atoms with Gasteiger partial charge in [-0.3, -0.25) is 0 Å². The molecule has 1 aromatic heterocycles. The van der Waals surface area contributed by atoms with Crippen LogP contribution in [0.2, 0.25) is 13.1 Å². The highest BCUT2D eigenvalue weighted by molar-refractivity contribution is 7.04. The third kappa shape index (κ3) is 2.61. The molecule has 2 aliphatic rings. The SMILES string of the molecule is Cc1cccc2c1N(B1c3ccccc3-n3c4ccccc4c4cccc1c43)c1ccccc1[Si]2(C)C. The van der Waals surface area contributed by atoms with E-state index in [-0.39, 0.29) is 6.85 Å². The number of hydrogen-bond donors (Lipinski definition) is 0. The van der Waals surface area contributed by atoms with Crippen molar-refractivity contribution in [1.82, 2.24) is 4.57 Å². The highest BCUT2D eigenvalue weighted by atomic mass is 28.3. The van der Waals surface area contributed by atoms with Crippen molar-refractivity contribution in [2.24, 2.45) is 0 Å². The Morgan fingerprint density at radius 1 is 0.595 bits per heavy atom. The van der Waals surface area contributed by atoms with Gasteiger partial charge < -0.3 is 9.38 Å². The van der Waals surface area contributed by atoms with Gasteiger partial charge >= 0.3 is 6.85 Å². The molecule has 0 fully saturated rings. The third-order valence-electron chi connectivity index (χ3n) is 8.74. The Balaban J connectivity index is 1.54. The first-order chi connectivity index (χ1) is 18.1. The summed E-state index contributed by atoms with van der Waals surface area (Å²) in [6.07, 6.45) is 0. The van der Waals surface area contributed by atoms with Crippen molar-refractivity contribution in [3.63, 3.8) is 0 Å². The second kappa shape index (κ2) is 7.27. The van der Waals surface area contributed by atoms with Gasteiger partial charge in [-0.15, -0.1) is 0 Å². The molecule has 0 spiro atoms. The van der Waals surface area contributed by atoms with E-state index >= 15 is 0 Å². The first-order valence-electron chi connectivity index (χ1n) is 13.2. The predicted octanol–water partition coefficient (Wildman–Crippen LogP) is 5.49. The molecule has 0 aliphatic carbocycles. The standard InChI is InChI=1S/C33H27BN2Si/c1-22-12-10-21-31-32(22)36(29-19-8-9-20-30(29)37(31,2)3)34-25-15-5-7-18-28(25)35-27-17-6-4-13-23(27)24-14-11-16-26(34)33(24)35/h4-21H,1-3H3. The van der Waals surface area contributed by atoms with Crippen LogP contribution in [0.5, 0.6) is 0 Å². The average molecular weight is 490 g/mol. The van der Waals surface area contributed by atoms with Crippen LogP contribution in [0.15, 0.2) is 109 Å². The number of hydrogen-bond acceptors (Lipinski definition) is 1. The van der Waals surface area contributed by atoms with Crippen molar-refractivity contribution >= 4 is 69.4 Å². The lowest BCUT2D eigenvalue weighted by Crippen LogP contribution is -2.66. The molecule has 2 aliphatic heterocycles. The summed E-state index contributed by atoms with van der Waals surface area (Å²) < 4.78 is 2.50. The average Bonchev–Trinajstić information content (AvgIpc) is 3.27. The van der Waals surface area contributed by atoms with Crippen molar-refractivity contribution in [2.45, 2.75) is 20.0 Å². The van der Waals surface area contributed by atoms with E-state index in [4.69, 9.17) is 0 Å². The van der Waals surface area contributed by atoms with E-state index in [2.05, 4.69) is 139 Å². The second-order valence-electron chi connectivity index (χ2n) is 11.0. The molecule has 0 unspecified atom stereocenters. The summed E-state index contributed by atoms with van der Waals surface area (Å²) >= 11 is 0. The number of aromatic nitrogens is 1. The van der Waals surface area contributed by atoms with Gasteiger partial charge in [0, 0.05) is 27.8 Å². The summed E-state index contributed by atoms with van der Waals surface area (Å²) in [6.45, 7) is 7.39. The molecular weight excluding hydrogens is 463 g/mol. The van der Waals surface area contributed by atoms with E-state index in [1.807, 2.05) is 0 Å². The molecule has 2 nitrogen and oxygen atoms in total. The Bertz CT molecular complexity index is 1900. The molecule has 0 N–H and O–H groups in total. The normalized spacial score (nSPS) is 15.0. The molecule has 6 aromatic rings. The van der Waals surface area contributed by atoms with Gasteiger partial charge in [-0.25, -0.2) is 0 Å². The van der Waals surface area contributed by atoms with Crippen molar-refractivity contribution in [3.8, 4) is 5.69 Å². The molecular formula is C33H27BN2Si. The van der Waals surface area contributed by atoms with Crippen LogP contribution in [0, 0.1) is 6.92 Å². The maximum absolute atomic E-state index is 2.67. The topological polar surface area (TPSA) is 8.17 Å². The van der Waals surface area contributed by atoms with Gasteiger partial charge in [0.15, 0.2) is 0 Å². The van der Waals surface area contributed by atoms with E-state index in [1.54, 1.807) is 0 Å². The highest BCUT2D eigenvalue weighted by Gasteiger charge is 2.45. The number of aryl methyl sites for hydroxylation is 1. The molecule has 176 valence electrons. The van der Waals surface area contributed by atoms with E-state index in [0.29, 0.717) is 0 Å². The number of anilines is 2. The Kier molecular flexibility index (Phi) is 4.15. The summed E-state index contributed by atoms with van der Waals surface area (Å²) in [5.41, 5.74) is 10.7. The van der Waals surface area contributed by atoms with Gasteiger partial charge in [-0.2, -0.15) is 0 Å². The summed E-state index contributed by atoms with van der Waals surface area (Å²) in [4.78, 5) is 2.67. The van der Waals surface area contributed by atoms with Crippen molar-refractivity contribution in [1.29, 1.82) is 0 Å². The van der Waals surface area contributed by atoms with Gasteiger partial charge in [0.05, 0.1) is 11.0 Å². The number of rotatable bonds is 1. The molecule has 4 heteroatoms. The summed E-state index contributed by atoms with van der Waals surface area (Å²) in [5.74, 6) is 0. The molecule has 3 heterocycles. The van der Waals surface area contributed by atoms with Crippen LogP contribution in [0.3, 0.4) is 0 Å². The number of nitrogens with zero attached hydrogens (tertiary/aromatic N) is 2. The Morgan fingerprint density at radius 2 is 1.24 bits per heavy atom. The minimum atomic E-state index is -1.87. The Labute approximate surface area is 218 Å². The minimum absolute atomic E-state index is 0.0859. The largest absolute Gasteiger partial charge is 0.377 e. The van der Waals surface area contributed by atoms with Crippen LogP contribution >= 0.6 is 0 Å². The zero-order valence-electron chi connectivity index (χ0n) is 21.4. The zero-order valence-corrected chi connectivity index (χ0v) is 22.4. The van der Waals surface area contributed by atoms with Crippen LogP contribution < -0.4 is 26.1 Å². The fraction of sp³-hybridized carbons (Fsp3) is 0.0909. The quantitative estimate of drug-likeness (QED) is 0.277. The van der Waals surface area contributed by atoms with Gasteiger partial charge in [0.1, 0.15) is 8.07 Å². The number of fused-ring (bicyclic) bond motifs is 7. The lowest BCUT2D eigenvalue weighted by molar-refractivity contribution is 1.18. The minimum Gasteiger partial charge on any atom is -0.377 e. The monoisotopic (exact) mass is 490 g/mol. The molecule has 0 atom stereocenters. The highest BCUT2D eigenvalue weighted by Crippen LogP contribution is 2.38. The summed E-state index contributed by atoms with van der Waals surface area (Å²) in [5, 5.41) is 5.70. The first-order valence-corrected chi connectivity index (χ1v) is 16.2. The molecule has 0 saturated heterocycles. The van der Waals surface area contributed by atoms with Crippen LogP contribution in [0.25, 0.3) is 27.5 Å². The van der Waals surface area contributed by atoms with Gasteiger partial charge in [0.2, 0.25) is 0 Å². The fourth-order valence-corrected chi connectivity index (χ4v) is 10.2. The molecule has 8 rings (SSSR count). The summed E-state index contributed by atoms with van der Waals surface area (Å²) in [6, 6.07) is 40.9. The van der Waals surface area contributed by atoms with E-state index in [1.165, 1.54) is 65.7 Å².